The highest BCUT2D eigenvalue weighted by Crippen LogP contribution is 2.32. The lowest BCUT2D eigenvalue weighted by molar-refractivity contribution is -0.127. The van der Waals surface area contributed by atoms with Gasteiger partial charge in [-0.2, -0.15) is 0 Å². The highest BCUT2D eigenvalue weighted by molar-refractivity contribution is 6.02. The van der Waals surface area contributed by atoms with Crippen LogP contribution in [0.3, 0.4) is 0 Å². The third kappa shape index (κ3) is 5.22. The van der Waals surface area contributed by atoms with Crippen molar-refractivity contribution < 1.29 is 18.7 Å². The molecule has 2 atom stereocenters. The van der Waals surface area contributed by atoms with E-state index >= 15 is 4.39 Å². The van der Waals surface area contributed by atoms with Crippen LogP contribution in [0.15, 0.2) is 72.8 Å². The van der Waals surface area contributed by atoms with Crippen LogP contribution in [0.2, 0.25) is 0 Å². The summed E-state index contributed by atoms with van der Waals surface area (Å²) in [6, 6.07) is 19.4. The Morgan fingerprint density at radius 3 is 2.65 bits per heavy atom. The van der Waals surface area contributed by atoms with Gasteiger partial charge in [0.05, 0.1) is 11.6 Å². The van der Waals surface area contributed by atoms with Gasteiger partial charge < -0.3 is 10.1 Å². The van der Waals surface area contributed by atoms with E-state index in [4.69, 9.17) is 4.74 Å². The monoisotopic (exact) mass is 501 g/mol. The van der Waals surface area contributed by atoms with Crippen LogP contribution in [0.25, 0.3) is 11.0 Å². The molecule has 1 aliphatic rings. The quantitative estimate of drug-likeness (QED) is 0.395. The first-order valence-corrected chi connectivity index (χ1v) is 12.3. The number of aryl methyl sites for hydroxylation is 1. The highest BCUT2D eigenvalue weighted by atomic mass is 19.1. The molecule has 190 valence electrons. The second-order valence-electron chi connectivity index (χ2n) is 9.09. The number of aromatic nitrogens is 3. The summed E-state index contributed by atoms with van der Waals surface area (Å²) in [7, 11) is 0. The van der Waals surface area contributed by atoms with Gasteiger partial charge in [0.1, 0.15) is 23.9 Å². The summed E-state index contributed by atoms with van der Waals surface area (Å²) >= 11 is 0. The Bertz CT molecular complexity index is 1420. The van der Waals surface area contributed by atoms with Crippen LogP contribution >= 0.6 is 0 Å². The molecule has 1 N–H and O–H groups in total. The summed E-state index contributed by atoms with van der Waals surface area (Å²) in [6.45, 7) is 2.60. The largest absolute Gasteiger partial charge is 0.376 e. The molecule has 1 aromatic heterocycles. The molecule has 0 bridgehead atoms. The number of halogens is 1. The van der Waals surface area contributed by atoms with E-state index < -0.39 is 23.7 Å². The van der Waals surface area contributed by atoms with Gasteiger partial charge in [-0.05, 0) is 49.6 Å². The van der Waals surface area contributed by atoms with Gasteiger partial charge in [-0.3, -0.25) is 14.5 Å². The summed E-state index contributed by atoms with van der Waals surface area (Å²) < 4.78 is 22.3. The summed E-state index contributed by atoms with van der Waals surface area (Å²) in [4.78, 5) is 29.1. The summed E-state index contributed by atoms with van der Waals surface area (Å²) in [5.74, 6) is -1.48. The predicted octanol–water partition coefficient (Wildman–Crippen LogP) is 3.95. The zero-order valence-corrected chi connectivity index (χ0v) is 20.5. The maximum absolute atomic E-state index is 15.2. The number of fused-ring (bicyclic) bond motifs is 1. The molecule has 4 aromatic rings. The number of hydrogen-bond donors (Lipinski definition) is 1. The van der Waals surface area contributed by atoms with Crippen molar-refractivity contribution in [3.8, 4) is 0 Å². The molecule has 0 radical (unpaired) electrons. The van der Waals surface area contributed by atoms with Crippen LogP contribution in [0.1, 0.15) is 30.0 Å². The topological polar surface area (TPSA) is 89.4 Å². The Morgan fingerprint density at radius 2 is 1.86 bits per heavy atom. The van der Waals surface area contributed by atoms with Crippen molar-refractivity contribution in [2.75, 3.05) is 18.1 Å². The van der Waals surface area contributed by atoms with Crippen molar-refractivity contribution >= 4 is 28.5 Å². The number of benzene rings is 3. The van der Waals surface area contributed by atoms with Crippen molar-refractivity contribution in [2.45, 2.75) is 38.5 Å². The zero-order valence-electron chi connectivity index (χ0n) is 20.5. The number of rotatable bonds is 8. The second-order valence-corrected chi connectivity index (χ2v) is 9.09. The van der Waals surface area contributed by atoms with E-state index in [9.17, 15) is 9.59 Å². The summed E-state index contributed by atoms with van der Waals surface area (Å²) in [5.41, 5.74) is 2.72. The number of para-hydroxylation sites is 2. The van der Waals surface area contributed by atoms with Crippen molar-refractivity contribution in [3.63, 3.8) is 0 Å². The van der Waals surface area contributed by atoms with Crippen LogP contribution in [-0.4, -0.2) is 46.1 Å². The van der Waals surface area contributed by atoms with Gasteiger partial charge in [0.2, 0.25) is 11.8 Å². The van der Waals surface area contributed by atoms with E-state index in [0.717, 1.165) is 18.4 Å². The molecular weight excluding hydrogens is 473 g/mol. The van der Waals surface area contributed by atoms with E-state index in [-0.39, 0.29) is 24.8 Å². The Balaban J connectivity index is 1.56. The van der Waals surface area contributed by atoms with Crippen molar-refractivity contribution in [1.82, 2.24) is 20.3 Å². The van der Waals surface area contributed by atoms with Gasteiger partial charge in [0.25, 0.3) is 0 Å². The molecule has 1 aliphatic heterocycles. The molecule has 8 nitrogen and oxygen atoms in total. The first kappa shape index (κ1) is 24.6. The Morgan fingerprint density at radius 1 is 1.11 bits per heavy atom. The molecule has 0 spiro atoms. The molecule has 0 unspecified atom stereocenters. The van der Waals surface area contributed by atoms with E-state index in [1.807, 2.05) is 43.3 Å². The average Bonchev–Trinajstić information content (AvgIpc) is 3.57. The number of carbonyl (C=O) groups is 2. The number of ether oxygens (including phenoxy) is 1. The molecule has 0 aliphatic carbocycles. The van der Waals surface area contributed by atoms with Crippen LogP contribution in [0.4, 0.5) is 10.1 Å². The molecule has 0 saturated carbocycles. The molecule has 37 heavy (non-hydrogen) atoms. The molecule has 1 fully saturated rings. The summed E-state index contributed by atoms with van der Waals surface area (Å²) in [5, 5.41) is 11.2. The van der Waals surface area contributed by atoms with E-state index in [1.165, 1.54) is 21.7 Å². The molecule has 1 saturated heterocycles. The fourth-order valence-corrected chi connectivity index (χ4v) is 4.70. The lowest BCUT2D eigenvalue weighted by atomic mass is 10.0. The van der Waals surface area contributed by atoms with Crippen molar-refractivity contribution in [3.05, 3.63) is 89.7 Å². The Kier molecular flexibility index (Phi) is 7.23. The summed E-state index contributed by atoms with van der Waals surface area (Å²) in [6.07, 6.45) is 1.66. The number of carbonyl (C=O) groups excluding carboxylic acids is 2. The Hall–Kier alpha value is -4.11. The lowest BCUT2D eigenvalue weighted by Crippen LogP contribution is -2.47. The third-order valence-electron chi connectivity index (χ3n) is 6.58. The van der Waals surface area contributed by atoms with Crippen molar-refractivity contribution in [2.24, 2.45) is 0 Å². The van der Waals surface area contributed by atoms with Crippen LogP contribution < -0.4 is 10.2 Å². The van der Waals surface area contributed by atoms with Gasteiger partial charge in [-0.1, -0.05) is 53.7 Å². The zero-order chi connectivity index (χ0) is 25.8. The van der Waals surface area contributed by atoms with Gasteiger partial charge in [0.15, 0.2) is 0 Å². The standard InChI is InChI=1S/C28H28FN5O3/c1-19-9-2-6-14-24(19)34(26(35)18-33-25-15-7-5-13-23(25)31-32-33)27(21-11-3-4-12-22(21)29)28(36)30-17-20-10-8-16-37-20/h2-7,9,11-15,20,27H,8,10,16-18H2,1H3,(H,30,36)/t20-,27-/m0/s1. The van der Waals surface area contributed by atoms with Crippen LogP contribution in [0.5, 0.6) is 0 Å². The minimum absolute atomic E-state index is 0.102. The molecule has 2 heterocycles. The second kappa shape index (κ2) is 10.9. The average molecular weight is 502 g/mol. The number of nitrogens with one attached hydrogen (secondary N) is 1. The van der Waals surface area contributed by atoms with Gasteiger partial charge in [-0.15, -0.1) is 5.10 Å². The molecule has 3 aromatic carbocycles. The maximum Gasteiger partial charge on any atom is 0.249 e. The predicted molar refractivity (Wildman–Crippen MR) is 137 cm³/mol. The molecule has 9 heteroatoms. The van der Waals surface area contributed by atoms with E-state index in [0.29, 0.717) is 23.3 Å². The maximum atomic E-state index is 15.2. The third-order valence-corrected chi connectivity index (χ3v) is 6.58. The van der Waals surface area contributed by atoms with E-state index in [2.05, 4.69) is 15.6 Å². The van der Waals surface area contributed by atoms with E-state index in [1.54, 1.807) is 24.3 Å². The van der Waals surface area contributed by atoms with Crippen LogP contribution in [-0.2, 0) is 20.9 Å². The molecule has 5 rings (SSSR count). The van der Waals surface area contributed by atoms with Gasteiger partial charge in [0, 0.05) is 24.4 Å². The number of nitrogens with zero attached hydrogens (tertiary/aromatic N) is 4. The smallest absolute Gasteiger partial charge is 0.249 e. The SMILES string of the molecule is Cc1ccccc1N(C(=O)Cn1nnc2ccccc21)[C@H](C(=O)NC[C@@H]1CCCO1)c1ccccc1F. The highest BCUT2D eigenvalue weighted by Gasteiger charge is 2.36. The van der Waals surface area contributed by atoms with Gasteiger partial charge in [-0.25, -0.2) is 9.07 Å². The Labute approximate surface area is 214 Å². The fourth-order valence-electron chi connectivity index (χ4n) is 4.70. The minimum atomic E-state index is -1.24. The van der Waals surface area contributed by atoms with Crippen molar-refractivity contribution in [1.29, 1.82) is 0 Å². The first-order chi connectivity index (χ1) is 18.0. The van der Waals surface area contributed by atoms with Crippen LogP contribution in [0, 0.1) is 12.7 Å². The molecule has 2 amide bonds. The molecular formula is C28H28FN5O3. The number of hydrogen-bond acceptors (Lipinski definition) is 5. The lowest BCUT2D eigenvalue weighted by Gasteiger charge is -2.33. The normalized spacial score (nSPS) is 16.0. The number of amides is 2. The number of anilines is 1. The minimum Gasteiger partial charge on any atom is -0.376 e. The fraction of sp³-hybridized carbons (Fsp3) is 0.286. The first-order valence-electron chi connectivity index (χ1n) is 12.3. The van der Waals surface area contributed by atoms with Gasteiger partial charge >= 0.3 is 0 Å².